The summed E-state index contributed by atoms with van der Waals surface area (Å²) in [6.07, 6.45) is -2.41. The summed E-state index contributed by atoms with van der Waals surface area (Å²) < 4.78 is 74.6. The molecule has 0 aliphatic rings. The van der Waals surface area contributed by atoms with Crippen LogP contribution in [0.25, 0.3) is 87.8 Å². The fourth-order valence-corrected chi connectivity index (χ4v) is 17.6. The Labute approximate surface area is 697 Å². The van der Waals surface area contributed by atoms with Crippen molar-refractivity contribution in [2.75, 3.05) is 76.5 Å². The molecule has 0 N–H and O–H groups in total. The highest BCUT2D eigenvalue weighted by molar-refractivity contribution is 7.20. The highest BCUT2D eigenvalue weighted by Crippen LogP contribution is 2.46. The second-order valence-corrected chi connectivity index (χ2v) is 29.9. The zero-order valence-electron chi connectivity index (χ0n) is 67.6. The predicted molar refractivity (Wildman–Crippen MR) is 490 cm³/mol. The first-order chi connectivity index (χ1) is 59.5. The van der Waals surface area contributed by atoms with E-state index in [1.54, 1.807) is 56.9 Å². The van der Waals surface area contributed by atoms with Crippen LogP contribution in [-0.4, -0.2) is 63.0 Å². The molecule has 0 radical (unpaired) electrons. The first-order valence-electron chi connectivity index (χ1n) is 39.8. The molecule has 121 heavy (non-hydrogen) atoms. The first kappa shape index (κ1) is 74.2. The van der Waals surface area contributed by atoms with Crippen molar-refractivity contribution in [3.63, 3.8) is 0 Å². The fourth-order valence-electron chi connectivity index (χ4n) is 17.6. The Hall–Kier alpha value is -15.6. The number of rotatable bonds is 24. The largest absolute Gasteiger partial charge is 0.497 e. The summed E-state index contributed by atoms with van der Waals surface area (Å²) in [4.78, 5) is 8.82. The van der Waals surface area contributed by atoms with Gasteiger partial charge in [0.1, 0.15) is 96.8 Å². The number of ether oxygens (including phenoxy) is 8. The molecule has 4 aromatic heterocycles. The predicted octanol–water partition coefficient (Wildman–Crippen LogP) is 24.6. The van der Waals surface area contributed by atoms with Gasteiger partial charge in [-0.15, -0.1) is 0 Å². The van der Waals surface area contributed by atoms with Crippen LogP contribution in [0.15, 0.2) is 357 Å². The summed E-state index contributed by atoms with van der Waals surface area (Å²) in [5.74, 6) is 6.01. The maximum absolute atomic E-state index is 7.35. The molecule has 0 aliphatic carbocycles. The Balaban J connectivity index is 0.816. The van der Waals surface area contributed by atoms with Gasteiger partial charge in [-0.25, -0.2) is 0 Å². The van der Waals surface area contributed by atoms with E-state index in [1.807, 2.05) is 97.1 Å². The summed E-state index contributed by atoms with van der Waals surface area (Å²) in [7, 11) is 13.4. The van der Waals surface area contributed by atoms with Crippen molar-refractivity contribution in [1.29, 1.82) is 0 Å². The molecule has 0 spiro atoms. The molecule has 20 aromatic rings. The molecular weight excluding hydrogens is 1510 g/mol. The number of hydrogen-bond acceptors (Lipinski definition) is 16. The Bertz CT molecular complexity index is 6190. The van der Waals surface area contributed by atoms with E-state index >= 15 is 0 Å². The molecule has 20 rings (SSSR count). The molecule has 4 heterocycles. The van der Waals surface area contributed by atoms with E-state index in [1.165, 1.54) is 0 Å². The molecule has 0 bridgehead atoms. The van der Waals surface area contributed by atoms with E-state index in [2.05, 4.69) is 262 Å². The Morgan fingerprint density at radius 2 is 0.289 bits per heavy atom. The SMILES string of the molecule is COc1ccc(N(c2ccc(OC)cc2)c2ccc3c(c2)oc2cc([B-](c4ccc5c(c4)oc4cc(N(c6ccc(OC)cc6)c6ccc(OC)cc6)ccc45)(c4ccc5c(c4)oc4cc(N(c6ccc(OC)cc6)c6ccc(OC)cc6)ccc45)c4ccc5c(c4)oc4cc(N(c6ccc(OC)cc6)c6ccc(OC)cc6)ccc45)ccc23)cc1. The molecule has 0 saturated carbocycles. The number of fused-ring (bicyclic) bond motifs is 12. The van der Waals surface area contributed by atoms with E-state index < -0.39 is 6.15 Å². The molecule has 0 fully saturated rings. The third-order valence-corrected chi connectivity index (χ3v) is 23.6. The highest BCUT2D eigenvalue weighted by Gasteiger charge is 2.36. The van der Waals surface area contributed by atoms with Gasteiger partial charge in [0.25, 0.3) is 0 Å². The number of anilines is 12. The van der Waals surface area contributed by atoms with Gasteiger partial charge in [0.15, 0.2) is 0 Å². The van der Waals surface area contributed by atoms with E-state index in [-0.39, 0.29) is 0 Å². The lowest BCUT2D eigenvalue weighted by molar-refractivity contribution is 0.414. The fraction of sp³-hybridized carbons (Fsp3) is 0.0769. The van der Waals surface area contributed by atoms with Crippen LogP contribution in [0.3, 0.4) is 0 Å². The zero-order valence-corrected chi connectivity index (χ0v) is 67.6. The first-order valence-corrected chi connectivity index (χ1v) is 39.8. The second kappa shape index (κ2) is 30.8. The van der Waals surface area contributed by atoms with Crippen LogP contribution >= 0.6 is 0 Å². The number of benzene rings is 16. The summed E-state index contributed by atoms with van der Waals surface area (Å²) >= 11 is 0. The molecule has 17 heteroatoms. The van der Waals surface area contributed by atoms with Gasteiger partial charge in [-0.1, -0.05) is 72.8 Å². The summed E-state index contributed by atoms with van der Waals surface area (Å²) in [5.41, 5.74) is 20.4. The van der Waals surface area contributed by atoms with Crippen molar-refractivity contribution in [3.8, 4) is 46.0 Å². The van der Waals surface area contributed by atoms with Crippen LogP contribution in [-0.2, 0) is 0 Å². The maximum atomic E-state index is 7.35. The van der Waals surface area contributed by atoms with E-state index in [0.717, 1.165) is 179 Å². The number of hydrogen-bond donors (Lipinski definition) is 0. The summed E-state index contributed by atoms with van der Waals surface area (Å²) in [5, 5.41) is 7.60. The van der Waals surface area contributed by atoms with Crippen LogP contribution in [0.1, 0.15) is 0 Å². The number of furan rings is 4. The van der Waals surface area contributed by atoms with Crippen LogP contribution in [0.2, 0.25) is 0 Å². The minimum absolute atomic E-state index is 0.693. The van der Waals surface area contributed by atoms with Gasteiger partial charge in [0, 0.05) is 136 Å². The third-order valence-electron chi connectivity index (χ3n) is 23.6. The quantitative estimate of drug-likeness (QED) is 0.0530. The number of nitrogens with zero attached hydrogens (tertiary/aromatic N) is 4. The zero-order chi connectivity index (χ0) is 82.0. The molecule has 0 amide bonds. The average molecular weight is 1590 g/mol. The Morgan fingerprint density at radius 1 is 0.157 bits per heavy atom. The van der Waals surface area contributed by atoms with Crippen molar-refractivity contribution >= 4 is 184 Å². The molecule has 0 unspecified atom stereocenters. The molecule has 0 aliphatic heterocycles. The van der Waals surface area contributed by atoms with Crippen LogP contribution in [0.5, 0.6) is 46.0 Å². The Morgan fingerprint density at radius 3 is 0.438 bits per heavy atom. The van der Waals surface area contributed by atoms with Gasteiger partial charge in [-0.2, -0.15) is 21.9 Å². The highest BCUT2D eigenvalue weighted by atomic mass is 16.5. The molecule has 16 nitrogen and oxygen atoms in total. The number of methoxy groups -OCH3 is 8. The van der Waals surface area contributed by atoms with E-state index in [0.29, 0.717) is 44.7 Å². The maximum Gasteiger partial charge on any atom is 0.137 e. The van der Waals surface area contributed by atoms with Gasteiger partial charge in [-0.05, 0) is 243 Å². The summed E-state index contributed by atoms with van der Waals surface area (Å²) in [6, 6.07) is 117. The van der Waals surface area contributed by atoms with Crippen molar-refractivity contribution < 1.29 is 55.6 Å². The van der Waals surface area contributed by atoms with Crippen LogP contribution < -0.4 is 79.3 Å². The molecular formula is C104H80BN4O12-. The summed E-state index contributed by atoms with van der Waals surface area (Å²) in [6.45, 7) is 0. The topological polar surface area (TPSA) is 139 Å². The van der Waals surface area contributed by atoms with Crippen molar-refractivity contribution in [2.24, 2.45) is 0 Å². The lowest BCUT2D eigenvalue weighted by atomic mass is 9.13. The van der Waals surface area contributed by atoms with Gasteiger partial charge in [-0.3, -0.25) is 0 Å². The second-order valence-electron chi connectivity index (χ2n) is 29.9. The average Bonchev–Trinajstić information content (AvgIpc) is 0.839. The van der Waals surface area contributed by atoms with Crippen LogP contribution in [0, 0.1) is 0 Å². The lowest BCUT2D eigenvalue weighted by Crippen LogP contribution is -2.74. The Kier molecular flexibility index (Phi) is 18.9. The molecule has 0 saturated heterocycles. The molecule has 592 valence electrons. The standard InChI is InChI=1S/C104H80BN4O12/c1-110-81-33-13-69(14-34-81)106(70-15-35-82(111-2)36-16-70)77-29-53-93-89-49-9-65(57-97(89)118-101(93)61-77)105(66-10-50-90-94-54-30-78(62-102(94)119-98(90)58-66)107(71-17-37-83(112-3)38-18-71)72-19-39-84(113-4)40-20-72,67-11-51-91-95-55-31-79(63-103(95)120-99(91)59-67)108(73-21-41-85(114-5)42-22-73)74-23-43-86(115-6)44-24-74)68-12-52-92-96-56-32-80(64-104(96)121-100(92)60-68)109(75-25-45-87(116-7)46-26-75)76-27-47-88(117-8)48-28-76/h9-64H,1-8H3/q-1. The van der Waals surface area contributed by atoms with Gasteiger partial charge < -0.3 is 75.2 Å². The van der Waals surface area contributed by atoms with Crippen molar-refractivity contribution in [3.05, 3.63) is 340 Å². The van der Waals surface area contributed by atoms with Gasteiger partial charge in [0.2, 0.25) is 0 Å². The van der Waals surface area contributed by atoms with Gasteiger partial charge >= 0.3 is 0 Å². The van der Waals surface area contributed by atoms with Crippen LogP contribution in [0.4, 0.5) is 68.2 Å². The molecule has 16 aromatic carbocycles. The lowest BCUT2D eigenvalue weighted by Gasteiger charge is -2.44. The monoisotopic (exact) mass is 1590 g/mol. The minimum Gasteiger partial charge on any atom is -0.497 e. The molecule has 0 atom stereocenters. The van der Waals surface area contributed by atoms with E-state index in [4.69, 9.17) is 55.6 Å². The smallest absolute Gasteiger partial charge is 0.137 e. The van der Waals surface area contributed by atoms with Gasteiger partial charge in [0.05, 0.1) is 56.9 Å². The minimum atomic E-state index is -2.41. The van der Waals surface area contributed by atoms with Crippen molar-refractivity contribution in [2.45, 2.75) is 0 Å². The third kappa shape index (κ3) is 13.2. The van der Waals surface area contributed by atoms with E-state index in [9.17, 15) is 0 Å². The normalized spacial score (nSPS) is 11.6. The van der Waals surface area contributed by atoms with Crippen molar-refractivity contribution in [1.82, 2.24) is 0 Å².